The molecule has 14 heavy (non-hydrogen) atoms. The molecule has 1 saturated heterocycles. The van der Waals surface area contributed by atoms with Gasteiger partial charge >= 0.3 is 5.97 Å². The maximum atomic E-state index is 11.5. The van der Waals surface area contributed by atoms with E-state index in [9.17, 15) is 9.00 Å². The van der Waals surface area contributed by atoms with E-state index in [0.717, 1.165) is 0 Å². The highest BCUT2D eigenvalue weighted by molar-refractivity contribution is 7.89. The fourth-order valence-electron chi connectivity index (χ4n) is 1.93. The van der Waals surface area contributed by atoms with Crippen LogP contribution in [0.5, 0.6) is 0 Å². The molecule has 0 spiro atoms. The molecule has 1 rings (SSSR count). The molecule has 0 aliphatic carbocycles. The summed E-state index contributed by atoms with van der Waals surface area (Å²) in [6.45, 7) is 2.29. The number of nitrogens with zero attached hydrogens (tertiary/aromatic N) is 1. The van der Waals surface area contributed by atoms with Crippen molar-refractivity contribution in [1.29, 1.82) is 4.78 Å². The van der Waals surface area contributed by atoms with Gasteiger partial charge in [0, 0.05) is 18.8 Å². The van der Waals surface area contributed by atoms with Crippen LogP contribution >= 0.6 is 0 Å². The van der Waals surface area contributed by atoms with E-state index in [2.05, 4.69) is 0 Å². The van der Waals surface area contributed by atoms with E-state index in [1.165, 1.54) is 10.6 Å². The summed E-state index contributed by atoms with van der Waals surface area (Å²) in [4.78, 5) is 10.9. The molecule has 1 fully saturated rings. The molecule has 0 bridgehead atoms. The number of hydrogen-bond donors (Lipinski definition) is 2. The Bertz CT molecular complexity index is 325. The first-order chi connectivity index (χ1) is 6.34. The second-order valence-corrected chi connectivity index (χ2v) is 5.84. The van der Waals surface area contributed by atoms with Crippen LogP contribution in [-0.4, -0.2) is 38.4 Å². The van der Waals surface area contributed by atoms with Crippen LogP contribution in [0.4, 0.5) is 0 Å². The van der Waals surface area contributed by atoms with Crippen LogP contribution in [0.15, 0.2) is 0 Å². The normalized spacial score (nSPS) is 33.6. The lowest BCUT2D eigenvalue weighted by Crippen LogP contribution is -2.48. The quantitative estimate of drug-likeness (QED) is 0.721. The lowest BCUT2D eigenvalue weighted by molar-refractivity contribution is -0.144. The zero-order chi connectivity index (χ0) is 10.9. The number of carboxylic acid groups (broad SMARTS) is 1. The van der Waals surface area contributed by atoms with Gasteiger partial charge < -0.3 is 5.11 Å². The Balaban J connectivity index is 2.87. The van der Waals surface area contributed by atoms with Crippen molar-refractivity contribution in [3.8, 4) is 0 Å². The van der Waals surface area contributed by atoms with E-state index in [1.807, 2.05) is 0 Å². The van der Waals surface area contributed by atoms with Crippen LogP contribution < -0.4 is 0 Å². The summed E-state index contributed by atoms with van der Waals surface area (Å²) in [5.74, 6) is -1.35. The Morgan fingerprint density at radius 3 is 2.64 bits per heavy atom. The van der Waals surface area contributed by atoms with Gasteiger partial charge in [0.05, 0.1) is 5.92 Å². The zero-order valence-corrected chi connectivity index (χ0v) is 9.21. The van der Waals surface area contributed by atoms with Gasteiger partial charge in [-0.25, -0.2) is 13.3 Å². The van der Waals surface area contributed by atoms with E-state index >= 15 is 0 Å². The third-order valence-electron chi connectivity index (χ3n) is 2.69. The third kappa shape index (κ3) is 2.24. The number of rotatable bonds is 2. The van der Waals surface area contributed by atoms with Gasteiger partial charge in [-0.2, -0.15) is 0 Å². The van der Waals surface area contributed by atoms with E-state index in [0.29, 0.717) is 19.4 Å². The van der Waals surface area contributed by atoms with E-state index in [1.54, 1.807) is 6.92 Å². The smallest absolute Gasteiger partial charge is 0.308 e. The number of nitrogens with one attached hydrogen (secondary N) is 1. The highest BCUT2D eigenvalue weighted by atomic mass is 32.2. The maximum absolute atomic E-state index is 11.5. The van der Waals surface area contributed by atoms with Crippen LogP contribution in [0.1, 0.15) is 19.8 Å². The first-order valence-electron chi connectivity index (χ1n) is 4.57. The predicted octanol–water partition coefficient (Wildman–Crippen LogP) is 0.763. The molecule has 0 aromatic rings. The molecule has 0 radical (unpaired) electrons. The Morgan fingerprint density at radius 1 is 1.64 bits per heavy atom. The molecule has 1 heterocycles. The Hall–Kier alpha value is -0.620. The molecule has 6 heteroatoms. The standard InChI is InChI=1S/C8H16N2O3S/c1-6-7(8(11)12)4-3-5-10(6)14(2,9)13/h6-7,9H,3-5H2,1-2H3,(H,11,12). The maximum Gasteiger partial charge on any atom is 0.308 e. The van der Waals surface area contributed by atoms with Crippen LogP contribution in [0.2, 0.25) is 0 Å². The average Bonchev–Trinajstić information content (AvgIpc) is 2.01. The Kier molecular flexibility index (Phi) is 3.16. The molecule has 1 aliphatic heterocycles. The lowest BCUT2D eigenvalue weighted by Gasteiger charge is -2.36. The highest BCUT2D eigenvalue weighted by Gasteiger charge is 2.35. The molecule has 0 aromatic carbocycles. The molecule has 0 saturated carbocycles. The van der Waals surface area contributed by atoms with Crippen molar-refractivity contribution in [2.24, 2.45) is 5.92 Å². The van der Waals surface area contributed by atoms with Crippen molar-refractivity contribution in [3.63, 3.8) is 0 Å². The summed E-state index contributed by atoms with van der Waals surface area (Å²) in [5, 5.41) is 8.91. The van der Waals surface area contributed by atoms with Gasteiger partial charge in [0.2, 0.25) is 0 Å². The Labute approximate surface area is 84.2 Å². The summed E-state index contributed by atoms with van der Waals surface area (Å²) in [7, 11) is -2.77. The zero-order valence-electron chi connectivity index (χ0n) is 8.40. The number of aliphatic carboxylic acids is 1. The van der Waals surface area contributed by atoms with E-state index in [-0.39, 0.29) is 6.04 Å². The minimum atomic E-state index is -2.77. The van der Waals surface area contributed by atoms with Gasteiger partial charge in [-0.15, -0.1) is 0 Å². The third-order valence-corrected chi connectivity index (χ3v) is 4.11. The summed E-state index contributed by atoms with van der Waals surface area (Å²) in [6.07, 6.45) is 2.65. The van der Waals surface area contributed by atoms with Crippen molar-refractivity contribution < 1.29 is 14.1 Å². The molecule has 1 aliphatic rings. The second-order valence-electron chi connectivity index (χ2n) is 3.77. The fourth-order valence-corrected chi connectivity index (χ4v) is 3.19. The summed E-state index contributed by atoms with van der Waals surface area (Å²) in [6, 6.07) is -0.309. The molecule has 0 aromatic heterocycles. The van der Waals surface area contributed by atoms with Crippen molar-refractivity contribution in [3.05, 3.63) is 0 Å². The summed E-state index contributed by atoms with van der Waals surface area (Å²) >= 11 is 0. The number of piperidine rings is 1. The van der Waals surface area contributed by atoms with Crippen LogP contribution in [-0.2, 0) is 14.7 Å². The monoisotopic (exact) mass is 220 g/mol. The second kappa shape index (κ2) is 3.86. The summed E-state index contributed by atoms with van der Waals surface area (Å²) in [5.41, 5.74) is 0. The molecular formula is C8H16N2O3S. The number of carbonyl (C=O) groups is 1. The average molecular weight is 220 g/mol. The van der Waals surface area contributed by atoms with E-state index in [4.69, 9.17) is 9.89 Å². The van der Waals surface area contributed by atoms with Gasteiger partial charge in [0.15, 0.2) is 0 Å². The topological polar surface area (TPSA) is 81.5 Å². The highest BCUT2D eigenvalue weighted by Crippen LogP contribution is 2.25. The van der Waals surface area contributed by atoms with Crippen LogP contribution in [0, 0.1) is 10.7 Å². The van der Waals surface area contributed by atoms with Crippen molar-refractivity contribution in [1.82, 2.24) is 4.31 Å². The first kappa shape index (κ1) is 11.5. The number of hydrogen-bond acceptors (Lipinski definition) is 3. The minimum absolute atomic E-state index is 0.309. The first-order valence-corrected chi connectivity index (χ1v) is 6.49. The largest absolute Gasteiger partial charge is 0.481 e. The summed E-state index contributed by atoms with van der Waals surface area (Å²) < 4.78 is 20.5. The van der Waals surface area contributed by atoms with Gasteiger partial charge in [-0.3, -0.25) is 4.79 Å². The molecule has 5 nitrogen and oxygen atoms in total. The fraction of sp³-hybridized carbons (Fsp3) is 0.875. The van der Waals surface area contributed by atoms with Crippen molar-refractivity contribution in [2.45, 2.75) is 25.8 Å². The number of carboxylic acids is 1. The van der Waals surface area contributed by atoms with Gasteiger partial charge in [-0.1, -0.05) is 0 Å². The molecule has 0 amide bonds. The van der Waals surface area contributed by atoms with Crippen molar-refractivity contribution >= 4 is 15.9 Å². The predicted molar refractivity (Wildman–Crippen MR) is 53.3 cm³/mol. The van der Waals surface area contributed by atoms with Gasteiger partial charge in [0.1, 0.15) is 9.92 Å². The molecule has 2 N–H and O–H groups in total. The van der Waals surface area contributed by atoms with Crippen molar-refractivity contribution in [2.75, 3.05) is 12.8 Å². The molecule has 3 atom stereocenters. The van der Waals surface area contributed by atoms with E-state index < -0.39 is 21.8 Å². The SMILES string of the molecule is CC1C(C(=O)O)CCCN1S(C)(=N)=O. The molecule has 82 valence electrons. The molecule has 3 unspecified atom stereocenters. The Morgan fingerprint density at radius 2 is 2.21 bits per heavy atom. The van der Waals surface area contributed by atoms with Gasteiger partial charge in [-0.05, 0) is 19.8 Å². The minimum Gasteiger partial charge on any atom is -0.481 e. The molecular weight excluding hydrogens is 204 g/mol. The lowest BCUT2D eigenvalue weighted by atomic mass is 9.92. The van der Waals surface area contributed by atoms with Gasteiger partial charge in [0.25, 0.3) is 0 Å². The van der Waals surface area contributed by atoms with Crippen LogP contribution in [0.3, 0.4) is 0 Å². The van der Waals surface area contributed by atoms with Crippen LogP contribution in [0.25, 0.3) is 0 Å².